The zero-order chi connectivity index (χ0) is 10.6. The van der Waals surface area contributed by atoms with Crippen LogP contribution in [0.5, 0.6) is 17.5 Å². The Labute approximate surface area is 81.6 Å². The Hall–Kier alpha value is -1.78. The van der Waals surface area contributed by atoms with Gasteiger partial charge in [0.15, 0.2) is 12.0 Å². The molecule has 5 nitrogen and oxygen atoms in total. The van der Waals surface area contributed by atoms with Crippen molar-refractivity contribution in [2.45, 2.75) is 0 Å². The van der Waals surface area contributed by atoms with Crippen LogP contribution < -0.4 is 14.2 Å². The lowest BCUT2D eigenvalue weighted by Gasteiger charge is -2.09. The van der Waals surface area contributed by atoms with Crippen LogP contribution in [0.4, 0.5) is 0 Å². The quantitative estimate of drug-likeness (QED) is 0.672. The Balaban J connectivity index is 3.31. The normalized spacial score (nSPS) is 9.36. The monoisotopic (exact) mass is 197 g/mol. The molecule has 0 radical (unpaired) electrons. The summed E-state index contributed by atoms with van der Waals surface area (Å²) in [6, 6.07) is 1.48. The van der Waals surface area contributed by atoms with Crippen molar-refractivity contribution < 1.29 is 19.0 Å². The van der Waals surface area contributed by atoms with Gasteiger partial charge in [0.05, 0.1) is 26.9 Å². The molecule has 0 aliphatic rings. The molecule has 1 heterocycles. The molecule has 1 rings (SSSR count). The number of aldehydes is 1. The molecule has 5 heteroatoms. The molecule has 0 amide bonds. The SMILES string of the molecule is COc1cc(C=O)c(OC)c(OC)n1. The maximum Gasteiger partial charge on any atom is 0.260 e. The van der Waals surface area contributed by atoms with Crippen molar-refractivity contribution in [1.82, 2.24) is 4.98 Å². The van der Waals surface area contributed by atoms with Crippen LogP contribution in [0.2, 0.25) is 0 Å². The minimum Gasteiger partial charge on any atom is -0.491 e. The second-order valence-corrected chi connectivity index (χ2v) is 2.41. The van der Waals surface area contributed by atoms with Crippen molar-refractivity contribution in [3.8, 4) is 17.5 Å². The summed E-state index contributed by atoms with van der Waals surface area (Å²) < 4.78 is 14.8. The fraction of sp³-hybridized carbons (Fsp3) is 0.333. The molecule has 0 aromatic carbocycles. The van der Waals surface area contributed by atoms with E-state index in [2.05, 4.69) is 4.98 Å². The van der Waals surface area contributed by atoms with Crippen LogP contribution in [0.3, 0.4) is 0 Å². The Morgan fingerprint density at radius 3 is 2.36 bits per heavy atom. The van der Waals surface area contributed by atoms with Crippen LogP contribution in [0.15, 0.2) is 6.07 Å². The summed E-state index contributed by atoms with van der Waals surface area (Å²) in [5, 5.41) is 0. The largest absolute Gasteiger partial charge is 0.491 e. The highest BCUT2D eigenvalue weighted by Crippen LogP contribution is 2.30. The van der Waals surface area contributed by atoms with Gasteiger partial charge in [-0.05, 0) is 0 Å². The third-order valence-electron chi connectivity index (χ3n) is 1.68. The predicted molar refractivity (Wildman–Crippen MR) is 49.3 cm³/mol. The van der Waals surface area contributed by atoms with Gasteiger partial charge < -0.3 is 14.2 Å². The highest BCUT2D eigenvalue weighted by molar-refractivity contribution is 5.81. The third-order valence-corrected chi connectivity index (χ3v) is 1.68. The Bertz CT molecular complexity index is 338. The predicted octanol–water partition coefficient (Wildman–Crippen LogP) is 0.920. The van der Waals surface area contributed by atoms with E-state index in [1.165, 1.54) is 27.4 Å². The summed E-state index contributed by atoms with van der Waals surface area (Å²) in [5.41, 5.74) is 0.344. The average molecular weight is 197 g/mol. The molecule has 0 unspecified atom stereocenters. The molecule has 0 spiro atoms. The minimum atomic E-state index is 0.231. The summed E-state index contributed by atoms with van der Waals surface area (Å²) in [6.07, 6.45) is 0.658. The van der Waals surface area contributed by atoms with Gasteiger partial charge in [-0.3, -0.25) is 4.79 Å². The molecule has 14 heavy (non-hydrogen) atoms. The third kappa shape index (κ3) is 1.76. The second kappa shape index (κ2) is 4.45. The van der Waals surface area contributed by atoms with Crippen molar-refractivity contribution >= 4 is 6.29 Å². The van der Waals surface area contributed by atoms with Crippen LogP contribution in [-0.4, -0.2) is 32.6 Å². The highest BCUT2D eigenvalue weighted by Gasteiger charge is 2.13. The molecule has 1 aromatic heterocycles. The summed E-state index contributed by atoms with van der Waals surface area (Å²) in [7, 11) is 4.35. The van der Waals surface area contributed by atoms with Gasteiger partial charge >= 0.3 is 0 Å². The average Bonchev–Trinajstić information content (AvgIpc) is 2.26. The van der Waals surface area contributed by atoms with Gasteiger partial charge in [0.2, 0.25) is 5.88 Å². The molecule has 0 N–H and O–H groups in total. The van der Waals surface area contributed by atoms with Crippen LogP contribution >= 0.6 is 0 Å². The maximum absolute atomic E-state index is 10.7. The molecule has 0 saturated carbocycles. The summed E-state index contributed by atoms with van der Waals surface area (Å²) in [5.74, 6) is 0.849. The number of carbonyl (C=O) groups is 1. The smallest absolute Gasteiger partial charge is 0.260 e. The van der Waals surface area contributed by atoms with E-state index in [0.29, 0.717) is 23.5 Å². The minimum absolute atomic E-state index is 0.231. The number of nitrogens with zero attached hydrogens (tertiary/aromatic N) is 1. The number of ether oxygens (including phenoxy) is 3. The number of rotatable bonds is 4. The van der Waals surface area contributed by atoms with E-state index in [1.807, 2.05) is 0 Å². The molecular formula is C9H11NO4. The van der Waals surface area contributed by atoms with E-state index in [0.717, 1.165) is 0 Å². The molecule has 0 fully saturated rings. The van der Waals surface area contributed by atoms with Crippen LogP contribution in [-0.2, 0) is 0 Å². The molecule has 1 aromatic rings. The summed E-state index contributed by atoms with van der Waals surface area (Å²) in [6.45, 7) is 0. The Morgan fingerprint density at radius 1 is 1.21 bits per heavy atom. The zero-order valence-corrected chi connectivity index (χ0v) is 8.23. The highest BCUT2D eigenvalue weighted by atomic mass is 16.5. The molecular weight excluding hydrogens is 186 g/mol. The van der Waals surface area contributed by atoms with E-state index in [-0.39, 0.29) is 5.88 Å². The lowest BCUT2D eigenvalue weighted by Crippen LogP contribution is -1.99. The first kappa shape index (κ1) is 10.3. The summed E-state index contributed by atoms with van der Waals surface area (Å²) >= 11 is 0. The fourth-order valence-corrected chi connectivity index (χ4v) is 1.04. The number of aromatic nitrogens is 1. The first-order chi connectivity index (χ1) is 6.76. The number of methoxy groups -OCH3 is 3. The number of carbonyl (C=O) groups excluding carboxylic acids is 1. The van der Waals surface area contributed by atoms with Crippen molar-refractivity contribution in [2.75, 3.05) is 21.3 Å². The zero-order valence-electron chi connectivity index (χ0n) is 8.23. The lowest BCUT2D eigenvalue weighted by atomic mass is 10.2. The van der Waals surface area contributed by atoms with Gasteiger partial charge in [0.25, 0.3) is 5.88 Å². The maximum atomic E-state index is 10.7. The topological polar surface area (TPSA) is 57.7 Å². The van der Waals surface area contributed by atoms with E-state index < -0.39 is 0 Å². The molecule has 0 aliphatic carbocycles. The van der Waals surface area contributed by atoms with Crippen LogP contribution in [0, 0.1) is 0 Å². The standard InChI is InChI=1S/C9H11NO4/c1-12-7-4-6(5-11)8(13-2)9(10-7)14-3/h4-5H,1-3H3. The fourth-order valence-electron chi connectivity index (χ4n) is 1.04. The van der Waals surface area contributed by atoms with Crippen molar-refractivity contribution in [3.05, 3.63) is 11.6 Å². The Morgan fingerprint density at radius 2 is 1.93 bits per heavy atom. The van der Waals surface area contributed by atoms with E-state index in [4.69, 9.17) is 14.2 Å². The number of hydrogen-bond acceptors (Lipinski definition) is 5. The van der Waals surface area contributed by atoms with E-state index in [9.17, 15) is 4.79 Å². The first-order valence-corrected chi connectivity index (χ1v) is 3.89. The molecule has 0 bridgehead atoms. The van der Waals surface area contributed by atoms with Gasteiger partial charge in [0.1, 0.15) is 0 Å². The first-order valence-electron chi connectivity index (χ1n) is 3.89. The Kier molecular flexibility index (Phi) is 3.28. The van der Waals surface area contributed by atoms with Gasteiger partial charge in [-0.1, -0.05) is 0 Å². The van der Waals surface area contributed by atoms with Crippen LogP contribution in [0.25, 0.3) is 0 Å². The van der Waals surface area contributed by atoms with Gasteiger partial charge in [-0.25, -0.2) is 0 Å². The number of pyridine rings is 1. The molecule has 0 saturated heterocycles. The summed E-state index contributed by atoms with van der Waals surface area (Å²) in [4.78, 5) is 14.7. The molecule has 76 valence electrons. The van der Waals surface area contributed by atoms with Crippen molar-refractivity contribution in [1.29, 1.82) is 0 Å². The van der Waals surface area contributed by atoms with Crippen molar-refractivity contribution in [3.63, 3.8) is 0 Å². The van der Waals surface area contributed by atoms with Gasteiger partial charge in [-0.2, -0.15) is 4.98 Å². The molecule has 0 aliphatic heterocycles. The van der Waals surface area contributed by atoms with Crippen molar-refractivity contribution in [2.24, 2.45) is 0 Å². The number of hydrogen-bond donors (Lipinski definition) is 0. The lowest BCUT2D eigenvalue weighted by molar-refractivity contribution is 0.111. The van der Waals surface area contributed by atoms with E-state index in [1.54, 1.807) is 0 Å². The van der Waals surface area contributed by atoms with Crippen LogP contribution in [0.1, 0.15) is 10.4 Å². The van der Waals surface area contributed by atoms with Gasteiger partial charge in [0, 0.05) is 6.07 Å². The molecule has 0 atom stereocenters. The van der Waals surface area contributed by atoms with Gasteiger partial charge in [-0.15, -0.1) is 0 Å². The van der Waals surface area contributed by atoms with E-state index >= 15 is 0 Å². The second-order valence-electron chi connectivity index (χ2n) is 2.41.